The van der Waals surface area contributed by atoms with Crippen LogP contribution in [0.25, 0.3) is 0 Å². The van der Waals surface area contributed by atoms with Crippen molar-refractivity contribution in [3.05, 3.63) is 65.2 Å². The second-order valence-corrected chi connectivity index (χ2v) is 6.80. The zero-order valence-corrected chi connectivity index (χ0v) is 14.5. The molecule has 1 fully saturated rings. The van der Waals surface area contributed by atoms with Crippen LogP contribution in [0.4, 0.5) is 9.18 Å². The number of carbonyl (C=O) groups is 1. The maximum atomic E-state index is 13.5. The van der Waals surface area contributed by atoms with Crippen LogP contribution in [0, 0.1) is 17.7 Å². The van der Waals surface area contributed by atoms with E-state index in [1.54, 1.807) is 44.4 Å². The molecule has 0 spiro atoms. The molecule has 0 unspecified atom stereocenters. The van der Waals surface area contributed by atoms with Gasteiger partial charge in [-0.3, -0.25) is 4.98 Å². The first-order chi connectivity index (χ1) is 12.3. The molecule has 1 aliphatic rings. The van der Waals surface area contributed by atoms with Gasteiger partial charge in [-0.1, -0.05) is 24.0 Å². The fourth-order valence-corrected chi connectivity index (χ4v) is 2.68. The topological polar surface area (TPSA) is 71.5 Å². The number of nitrogens with zero attached hydrogens (tertiary/aromatic N) is 1. The van der Waals surface area contributed by atoms with E-state index in [0.717, 1.165) is 0 Å². The zero-order valence-electron chi connectivity index (χ0n) is 14.5. The van der Waals surface area contributed by atoms with E-state index < -0.39 is 29.7 Å². The maximum Gasteiger partial charge on any atom is 0.408 e. The summed E-state index contributed by atoms with van der Waals surface area (Å²) in [7, 11) is 0. The van der Waals surface area contributed by atoms with Crippen LogP contribution in [0.2, 0.25) is 0 Å². The molecule has 5 nitrogen and oxygen atoms in total. The lowest BCUT2D eigenvalue weighted by Crippen LogP contribution is -2.20. The largest absolute Gasteiger partial charge is 0.439 e. The van der Waals surface area contributed by atoms with Gasteiger partial charge in [0.25, 0.3) is 0 Å². The molecule has 1 aromatic heterocycles. The number of nitrogens with one attached hydrogen (secondary N) is 1. The Labute approximate surface area is 151 Å². The summed E-state index contributed by atoms with van der Waals surface area (Å²) in [5, 5.41) is 12.5. The Balaban J connectivity index is 1.87. The summed E-state index contributed by atoms with van der Waals surface area (Å²) >= 11 is 0. The van der Waals surface area contributed by atoms with Crippen LogP contribution in [0.5, 0.6) is 0 Å². The smallest absolute Gasteiger partial charge is 0.408 e. The van der Waals surface area contributed by atoms with Crippen LogP contribution in [0.15, 0.2) is 42.7 Å². The van der Waals surface area contributed by atoms with Gasteiger partial charge in [0.2, 0.25) is 0 Å². The van der Waals surface area contributed by atoms with Gasteiger partial charge in [0, 0.05) is 24.4 Å². The Morgan fingerprint density at radius 1 is 1.31 bits per heavy atom. The third kappa shape index (κ3) is 4.38. The second-order valence-electron chi connectivity index (χ2n) is 6.80. The predicted molar refractivity (Wildman–Crippen MR) is 93.5 cm³/mol. The minimum absolute atomic E-state index is 0.326. The molecular formula is C20H19FN2O3. The number of hydrogen-bond donors (Lipinski definition) is 2. The summed E-state index contributed by atoms with van der Waals surface area (Å²) in [6.07, 6.45) is 2.33. The summed E-state index contributed by atoms with van der Waals surface area (Å²) in [6.45, 7) is 3.37. The number of halogens is 1. The molecule has 1 aliphatic heterocycles. The highest BCUT2D eigenvalue weighted by molar-refractivity contribution is 5.71. The number of carbonyl (C=O) groups excluding carboxylic acids is 1. The van der Waals surface area contributed by atoms with Crippen LogP contribution in [-0.2, 0) is 4.74 Å². The van der Waals surface area contributed by atoms with Gasteiger partial charge in [0.05, 0.1) is 5.60 Å². The van der Waals surface area contributed by atoms with Crippen molar-refractivity contribution in [1.29, 1.82) is 0 Å². The number of aliphatic hydroxyl groups is 1. The van der Waals surface area contributed by atoms with Crippen molar-refractivity contribution in [2.75, 3.05) is 0 Å². The van der Waals surface area contributed by atoms with Crippen molar-refractivity contribution in [3.63, 3.8) is 0 Å². The van der Waals surface area contributed by atoms with Gasteiger partial charge in [-0.05, 0) is 43.2 Å². The van der Waals surface area contributed by atoms with E-state index in [9.17, 15) is 14.3 Å². The molecule has 0 radical (unpaired) electrons. The number of hydrogen-bond acceptors (Lipinski definition) is 4. The van der Waals surface area contributed by atoms with Gasteiger partial charge in [-0.15, -0.1) is 0 Å². The lowest BCUT2D eigenvalue weighted by molar-refractivity contribution is 0.0862. The van der Waals surface area contributed by atoms with E-state index >= 15 is 0 Å². The summed E-state index contributed by atoms with van der Waals surface area (Å²) in [5.41, 5.74) is 1.06. The number of amides is 1. The molecule has 2 N–H and O–H groups in total. The first kappa shape index (κ1) is 17.9. The number of benzene rings is 1. The Morgan fingerprint density at radius 3 is 2.85 bits per heavy atom. The first-order valence-electron chi connectivity index (χ1n) is 8.21. The second kappa shape index (κ2) is 7.14. The van der Waals surface area contributed by atoms with Crippen LogP contribution >= 0.6 is 0 Å². The molecule has 2 heterocycles. The Kier molecular flexibility index (Phi) is 4.92. The van der Waals surface area contributed by atoms with Crippen molar-refractivity contribution < 1.29 is 19.0 Å². The molecule has 1 saturated heterocycles. The average Bonchev–Trinajstić information content (AvgIpc) is 2.96. The van der Waals surface area contributed by atoms with Crippen LogP contribution in [-0.4, -0.2) is 21.8 Å². The maximum absolute atomic E-state index is 13.5. The number of alkyl carbamates (subject to hydrolysis) is 1. The van der Waals surface area contributed by atoms with Gasteiger partial charge in [-0.25, -0.2) is 9.18 Å². The summed E-state index contributed by atoms with van der Waals surface area (Å²) < 4.78 is 18.9. The number of rotatable bonds is 3. The lowest BCUT2D eigenvalue weighted by atomic mass is 9.96. The third-order valence-electron chi connectivity index (χ3n) is 3.86. The molecule has 6 heteroatoms. The Morgan fingerprint density at radius 2 is 2.12 bits per heavy atom. The van der Waals surface area contributed by atoms with Crippen LogP contribution in [0.3, 0.4) is 0 Å². The number of cyclic esters (lactones) is 1. The van der Waals surface area contributed by atoms with Gasteiger partial charge in [-0.2, -0.15) is 0 Å². The fraction of sp³-hybridized carbons (Fsp3) is 0.300. The molecule has 0 aliphatic carbocycles. The van der Waals surface area contributed by atoms with Gasteiger partial charge >= 0.3 is 6.09 Å². The molecule has 1 aromatic carbocycles. The molecule has 1 amide bonds. The summed E-state index contributed by atoms with van der Waals surface area (Å²) in [5.74, 6) is 5.47. The molecule has 2 aromatic rings. The zero-order chi connectivity index (χ0) is 18.7. The fourth-order valence-electron chi connectivity index (χ4n) is 2.68. The van der Waals surface area contributed by atoms with Gasteiger partial charge in [0.15, 0.2) is 6.10 Å². The van der Waals surface area contributed by atoms with Gasteiger partial charge < -0.3 is 15.2 Å². The van der Waals surface area contributed by atoms with E-state index in [-0.39, 0.29) is 0 Å². The molecule has 26 heavy (non-hydrogen) atoms. The predicted octanol–water partition coefficient (Wildman–Crippen LogP) is 3.26. The van der Waals surface area contributed by atoms with E-state index in [1.807, 2.05) is 0 Å². The monoisotopic (exact) mass is 354 g/mol. The van der Waals surface area contributed by atoms with E-state index in [1.165, 1.54) is 12.1 Å². The van der Waals surface area contributed by atoms with Crippen molar-refractivity contribution in [2.24, 2.45) is 0 Å². The van der Waals surface area contributed by atoms with Crippen molar-refractivity contribution in [2.45, 2.75) is 38.0 Å². The average molecular weight is 354 g/mol. The number of ether oxygens (including phenoxy) is 1. The van der Waals surface area contributed by atoms with Crippen molar-refractivity contribution >= 4 is 6.09 Å². The van der Waals surface area contributed by atoms with Gasteiger partial charge in [0.1, 0.15) is 11.9 Å². The normalized spacial score (nSPS) is 19.3. The highest BCUT2D eigenvalue weighted by Crippen LogP contribution is 2.36. The van der Waals surface area contributed by atoms with Crippen molar-refractivity contribution in [3.8, 4) is 11.8 Å². The van der Waals surface area contributed by atoms with Crippen LogP contribution in [0.1, 0.15) is 49.1 Å². The SMILES string of the molecule is CC(C)(O)CC#Cc1cncc([C@H]2NC(=O)O[C@@H]2c2cccc(F)c2)c1. The first-order valence-corrected chi connectivity index (χ1v) is 8.21. The standard InChI is InChI=1S/C20H19FN2O3/c1-20(2,25)8-4-5-13-9-15(12-22-11-13)17-18(26-19(24)23-17)14-6-3-7-16(21)10-14/h3,6-7,9-12,17-18,25H,8H2,1-2H3,(H,23,24)/t17-,18-/m1/s1. The number of pyridine rings is 1. The quantitative estimate of drug-likeness (QED) is 0.830. The van der Waals surface area contributed by atoms with E-state index in [4.69, 9.17) is 4.74 Å². The number of aromatic nitrogens is 1. The van der Waals surface area contributed by atoms with E-state index in [0.29, 0.717) is 23.1 Å². The summed E-state index contributed by atoms with van der Waals surface area (Å²) in [6, 6.07) is 7.28. The molecule has 2 atom stereocenters. The lowest BCUT2D eigenvalue weighted by Gasteiger charge is -2.17. The molecule has 0 saturated carbocycles. The Bertz CT molecular complexity index is 880. The van der Waals surface area contributed by atoms with E-state index in [2.05, 4.69) is 22.1 Å². The third-order valence-corrected chi connectivity index (χ3v) is 3.86. The molecule has 134 valence electrons. The van der Waals surface area contributed by atoms with Crippen LogP contribution < -0.4 is 5.32 Å². The molecule has 3 rings (SSSR count). The highest BCUT2D eigenvalue weighted by Gasteiger charge is 2.36. The molecular weight excluding hydrogens is 335 g/mol. The minimum Gasteiger partial charge on any atom is -0.439 e. The Hall–Kier alpha value is -2.91. The van der Waals surface area contributed by atoms with Crippen molar-refractivity contribution in [1.82, 2.24) is 10.3 Å². The highest BCUT2D eigenvalue weighted by atomic mass is 19.1. The molecule has 0 bridgehead atoms. The summed E-state index contributed by atoms with van der Waals surface area (Å²) in [4.78, 5) is 15.9. The minimum atomic E-state index is -0.867.